The van der Waals surface area contributed by atoms with Crippen LogP contribution < -0.4 is 15.6 Å². The van der Waals surface area contributed by atoms with Gasteiger partial charge in [-0.25, -0.2) is 18.6 Å². The fourth-order valence-electron chi connectivity index (χ4n) is 6.03. The molecule has 2 fully saturated rings. The van der Waals surface area contributed by atoms with Crippen LogP contribution in [0.3, 0.4) is 0 Å². The van der Waals surface area contributed by atoms with Gasteiger partial charge in [0.05, 0.1) is 35.4 Å². The minimum absolute atomic E-state index is 0.00114. The van der Waals surface area contributed by atoms with Crippen LogP contribution in [0.15, 0.2) is 23.1 Å². The molecule has 6 rings (SSSR count). The normalized spacial score (nSPS) is 20.0. The number of ether oxygens (including phenoxy) is 2. The molecule has 0 radical (unpaired) electrons. The monoisotopic (exact) mass is 620 g/mol. The number of halogens is 4. The molecular weight excluding hydrogens is 593 g/mol. The third-order valence-electron chi connectivity index (χ3n) is 8.03. The fraction of sp³-hybridized carbons (Fsp3) is 0.429. The number of aromatic amines is 1. The van der Waals surface area contributed by atoms with E-state index in [-0.39, 0.29) is 63.4 Å². The van der Waals surface area contributed by atoms with Crippen LogP contribution in [0.4, 0.5) is 13.6 Å². The first-order valence-electron chi connectivity index (χ1n) is 13.7. The number of carbonyl (C=O) groups excluding carboxylic acids is 1. The van der Waals surface area contributed by atoms with Gasteiger partial charge in [-0.1, -0.05) is 24.9 Å². The van der Waals surface area contributed by atoms with E-state index in [0.29, 0.717) is 24.1 Å². The molecule has 4 aromatic rings. The Hall–Kier alpha value is -3.48. The lowest BCUT2D eigenvalue weighted by Crippen LogP contribution is -2.61. The number of H-pyrrole nitrogens is 1. The number of piperazine rings is 1. The predicted molar refractivity (Wildman–Crippen MR) is 154 cm³/mol. The summed E-state index contributed by atoms with van der Waals surface area (Å²) in [5.41, 5.74) is -1.39. The SMILES string of the molecule is CCCCOC(=O)N1[C@H]2CC[C@@H]1[C@@H](COc1c(Cl)c(-c3c(F)ccc4cnn(C)c34)c(F)c3nc(Cl)[nH]c(=O)c13)NC2. The molecule has 1 amide bonds. The van der Waals surface area contributed by atoms with Crippen LogP contribution in [0, 0.1) is 11.6 Å². The van der Waals surface area contributed by atoms with E-state index in [1.165, 1.54) is 23.0 Å². The Kier molecular flexibility index (Phi) is 7.71. The van der Waals surface area contributed by atoms with Gasteiger partial charge in [0, 0.05) is 36.1 Å². The maximum atomic E-state index is 16.2. The molecule has 2 bridgehead atoms. The number of hydrogen-bond donors (Lipinski definition) is 2. The van der Waals surface area contributed by atoms with Gasteiger partial charge in [-0.2, -0.15) is 5.10 Å². The minimum atomic E-state index is -1.03. The van der Waals surface area contributed by atoms with Crippen LogP contribution in [-0.2, 0) is 11.8 Å². The second-order valence-corrected chi connectivity index (χ2v) is 11.3. The maximum Gasteiger partial charge on any atom is 0.410 e. The Morgan fingerprint density at radius 1 is 1.21 bits per heavy atom. The number of fused-ring (bicyclic) bond motifs is 4. The van der Waals surface area contributed by atoms with Gasteiger partial charge in [-0.15, -0.1) is 0 Å². The third kappa shape index (κ3) is 4.75. The number of carbonyl (C=O) groups is 1. The van der Waals surface area contributed by atoms with Gasteiger partial charge >= 0.3 is 6.09 Å². The largest absolute Gasteiger partial charge is 0.489 e. The summed E-state index contributed by atoms with van der Waals surface area (Å²) in [4.78, 5) is 34.1. The number of nitrogens with one attached hydrogen (secondary N) is 2. The van der Waals surface area contributed by atoms with E-state index in [2.05, 4.69) is 20.4 Å². The lowest BCUT2D eigenvalue weighted by molar-refractivity contribution is 0.0532. The summed E-state index contributed by atoms with van der Waals surface area (Å²) >= 11 is 12.8. The van der Waals surface area contributed by atoms with Crippen LogP contribution in [-0.4, -0.2) is 68.6 Å². The van der Waals surface area contributed by atoms with Crippen molar-refractivity contribution in [2.75, 3.05) is 19.8 Å². The molecule has 222 valence electrons. The van der Waals surface area contributed by atoms with Crippen LogP contribution in [0.2, 0.25) is 10.3 Å². The molecule has 0 unspecified atom stereocenters. The number of aryl methyl sites for hydroxylation is 1. The number of benzene rings is 2. The zero-order valence-corrected chi connectivity index (χ0v) is 24.4. The highest BCUT2D eigenvalue weighted by molar-refractivity contribution is 6.36. The third-order valence-corrected chi connectivity index (χ3v) is 8.57. The molecule has 2 N–H and O–H groups in total. The van der Waals surface area contributed by atoms with Crippen molar-refractivity contribution in [3.8, 4) is 16.9 Å². The number of unbranched alkanes of at least 4 members (excludes halogenated alkanes) is 1. The second-order valence-electron chi connectivity index (χ2n) is 10.5. The molecule has 3 atom stereocenters. The van der Waals surface area contributed by atoms with Crippen molar-refractivity contribution in [1.82, 2.24) is 30.0 Å². The van der Waals surface area contributed by atoms with Crippen LogP contribution >= 0.6 is 23.2 Å². The quantitative estimate of drug-likeness (QED) is 0.216. The standard InChI is InChI=1S/C28H28Cl2F2N6O4/c1-3-4-9-41-28(40)38-14-6-8-17(38)16(33-11-14)12-42-25-20-23(35-27(30)36-26(20)39)22(32)19(21(25)29)18-15(31)7-5-13-10-34-37(2)24(13)18/h5,7,10,14,16-17,33H,3-4,6,8-9,11-12H2,1-2H3,(H,35,36,39)/t14-,16+,17+/m0/s1. The minimum Gasteiger partial charge on any atom is -0.489 e. The highest BCUT2D eigenvalue weighted by Gasteiger charge is 2.46. The maximum absolute atomic E-state index is 16.2. The van der Waals surface area contributed by atoms with E-state index < -0.39 is 22.7 Å². The van der Waals surface area contributed by atoms with Gasteiger partial charge in [0.15, 0.2) is 11.6 Å². The summed E-state index contributed by atoms with van der Waals surface area (Å²) in [5, 5.41) is 7.20. The predicted octanol–water partition coefficient (Wildman–Crippen LogP) is 5.18. The van der Waals surface area contributed by atoms with Crippen molar-refractivity contribution in [1.29, 1.82) is 0 Å². The Balaban J connectivity index is 1.42. The lowest BCUT2D eigenvalue weighted by Gasteiger charge is -2.39. The van der Waals surface area contributed by atoms with E-state index in [1.54, 1.807) is 11.9 Å². The molecule has 2 aromatic carbocycles. The van der Waals surface area contributed by atoms with Crippen LogP contribution in [0.5, 0.6) is 5.75 Å². The Labute approximate surface area is 248 Å². The Morgan fingerprint density at radius 2 is 2.02 bits per heavy atom. The summed E-state index contributed by atoms with van der Waals surface area (Å²) < 4.78 is 44.7. The van der Waals surface area contributed by atoms with Crippen LogP contribution in [0.1, 0.15) is 32.6 Å². The van der Waals surface area contributed by atoms with E-state index in [4.69, 9.17) is 32.7 Å². The molecule has 14 heteroatoms. The molecule has 0 saturated carbocycles. The van der Waals surface area contributed by atoms with E-state index >= 15 is 8.78 Å². The van der Waals surface area contributed by atoms with Crippen molar-refractivity contribution >= 4 is 51.1 Å². The van der Waals surface area contributed by atoms with E-state index in [9.17, 15) is 9.59 Å². The van der Waals surface area contributed by atoms with Gasteiger partial charge < -0.3 is 14.8 Å². The fourth-order valence-corrected chi connectivity index (χ4v) is 6.52. The van der Waals surface area contributed by atoms with Crippen molar-refractivity contribution in [2.45, 2.75) is 50.7 Å². The average molecular weight is 621 g/mol. The first kappa shape index (κ1) is 28.6. The van der Waals surface area contributed by atoms with Gasteiger partial charge in [0.2, 0.25) is 5.28 Å². The summed E-state index contributed by atoms with van der Waals surface area (Å²) in [6, 6.07) is 2.13. The number of rotatable bonds is 7. The molecule has 2 saturated heterocycles. The molecule has 0 aliphatic carbocycles. The first-order valence-corrected chi connectivity index (χ1v) is 14.5. The summed E-state index contributed by atoms with van der Waals surface area (Å²) in [6.45, 7) is 2.86. The second kappa shape index (κ2) is 11.3. The topological polar surface area (TPSA) is 114 Å². The molecule has 10 nitrogen and oxygen atoms in total. The number of amides is 1. The van der Waals surface area contributed by atoms with E-state index in [0.717, 1.165) is 25.7 Å². The molecule has 2 aromatic heterocycles. The molecule has 2 aliphatic heterocycles. The number of aromatic nitrogens is 4. The van der Waals surface area contributed by atoms with Crippen molar-refractivity contribution in [3.63, 3.8) is 0 Å². The van der Waals surface area contributed by atoms with Gasteiger partial charge in [0.1, 0.15) is 23.3 Å². The van der Waals surface area contributed by atoms with Gasteiger partial charge in [-0.3, -0.25) is 19.4 Å². The molecular formula is C28H28Cl2F2N6O4. The summed E-state index contributed by atoms with van der Waals surface area (Å²) in [6.07, 6.45) is 4.36. The number of hydrogen-bond acceptors (Lipinski definition) is 7. The zero-order chi connectivity index (χ0) is 29.7. The Morgan fingerprint density at radius 3 is 2.81 bits per heavy atom. The lowest BCUT2D eigenvalue weighted by atomic mass is 9.99. The van der Waals surface area contributed by atoms with Gasteiger partial charge in [-0.05, 0) is 43.0 Å². The van der Waals surface area contributed by atoms with Gasteiger partial charge in [0.25, 0.3) is 5.56 Å². The first-order chi connectivity index (χ1) is 20.2. The highest BCUT2D eigenvalue weighted by Crippen LogP contribution is 2.45. The summed E-state index contributed by atoms with van der Waals surface area (Å²) in [7, 11) is 1.60. The van der Waals surface area contributed by atoms with Crippen molar-refractivity contribution in [2.24, 2.45) is 7.05 Å². The zero-order valence-electron chi connectivity index (χ0n) is 22.8. The van der Waals surface area contributed by atoms with Crippen molar-refractivity contribution in [3.05, 3.63) is 50.6 Å². The molecule has 4 heterocycles. The molecule has 42 heavy (non-hydrogen) atoms. The molecule has 0 spiro atoms. The van der Waals surface area contributed by atoms with Crippen LogP contribution in [0.25, 0.3) is 32.9 Å². The highest BCUT2D eigenvalue weighted by atomic mass is 35.5. The van der Waals surface area contributed by atoms with E-state index in [1.807, 2.05) is 6.92 Å². The Bertz CT molecular complexity index is 1760. The average Bonchev–Trinajstić information content (AvgIpc) is 3.49. The molecule has 2 aliphatic rings. The summed E-state index contributed by atoms with van der Waals surface area (Å²) in [5.74, 6) is -1.96. The van der Waals surface area contributed by atoms with Crippen molar-refractivity contribution < 1.29 is 23.0 Å². The smallest absolute Gasteiger partial charge is 0.410 e. The number of nitrogens with zero attached hydrogens (tertiary/aromatic N) is 4.